The second-order valence-corrected chi connectivity index (χ2v) is 4.87. The van der Waals surface area contributed by atoms with Crippen LogP contribution in [-0.2, 0) is 0 Å². The molecule has 124 valence electrons. The molecular formula is C21H28FN. The normalized spacial score (nSPS) is 12.8. The summed E-state index contributed by atoms with van der Waals surface area (Å²) in [4.78, 5) is 3.25. The molecule has 0 amide bonds. The second kappa shape index (κ2) is 9.62. The zero-order valence-electron chi connectivity index (χ0n) is 14.5. The maximum Gasteiger partial charge on any atom is 0.131 e. The minimum atomic E-state index is -0.213. The van der Waals surface area contributed by atoms with E-state index in [9.17, 15) is 4.39 Å². The molecule has 0 fully saturated rings. The van der Waals surface area contributed by atoms with Crippen LogP contribution in [-0.4, -0.2) is 4.98 Å². The molecule has 23 heavy (non-hydrogen) atoms. The van der Waals surface area contributed by atoms with E-state index >= 15 is 0 Å². The highest BCUT2D eigenvalue weighted by Crippen LogP contribution is 2.18. The summed E-state index contributed by atoms with van der Waals surface area (Å²) in [5.41, 5.74) is 2.51. The Morgan fingerprint density at radius 2 is 1.96 bits per heavy atom. The lowest BCUT2D eigenvalue weighted by Crippen LogP contribution is -2.25. The van der Waals surface area contributed by atoms with Crippen molar-refractivity contribution in [3.63, 3.8) is 0 Å². The van der Waals surface area contributed by atoms with E-state index in [0.717, 1.165) is 28.1 Å². The Balaban J connectivity index is 0.00000170. The molecule has 0 aliphatic carbocycles. The fourth-order valence-electron chi connectivity index (χ4n) is 2.34. The van der Waals surface area contributed by atoms with E-state index in [2.05, 4.69) is 23.7 Å². The SMILES string of the molecule is C=C/C(C)=c1\c(-c2ccccc2F)c[nH]\c1=C\C/C=C\C.CC.[HH]. The molecule has 0 saturated heterocycles. The first-order valence-electron chi connectivity index (χ1n) is 8.06. The average Bonchev–Trinajstić information content (AvgIpc) is 3.00. The summed E-state index contributed by atoms with van der Waals surface area (Å²) < 4.78 is 14.1. The molecule has 0 saturated carbocycles. The van der Waals surface area contributed by atoms with Crippen molar-refractivity contribution in [3.8, 4) is 11.1 Å². The van der Waals surface area contributed by atoms with Gasteiger partial charge in [0.2, 0.25) is 0 Å². The van der Waals surface area contributed by atoms with Crippen molar-refractivity contribution in [1.82, 2.24) is 4.98 Å². The Bertz CT molecular complexity index is 784. The van der Waals surface area contributed by atoms with Crippen molar-refractivity contribution in [1.29, 1.82) is 0 Å². The smallest absolute Gasteiger partial charge is 0.131 e. The van der Waals surface area contributed by atoms with E-state index in [4.69, 9.17) is 0 Å². The van der Waals surface area contributed by atoms with Crippen LogP contribution >= 0.6 is 0 Å². The lowest BCUT2D eigenvalue weighted by atomic mass is 10.0. The number of benzene rings is 1. The molecule has 2 heteroatoms. The van der Waals surface area contributed by atoms with Crippen molar-refractivity contribution < 1.29 is 5.82 Å². The number of hydrogen-bond donors (Lipinski definition) is 1. The fraction of sp³-hybridized carbons (Fsp3) is 0.238. The van der Waals surface area contributed by atoms with Crippen LogP contribution < -0.4 is 10.6 Å². The van der Waals surface area contributed by atoms with Gasteiger partial charge in [0.05, 0.1) is 0 Å². The number of hydrogen-bond acceptors (Lipinski definition) is 0. The third kappa shape index (κ3) is 4.56. The zero-order valence-corrected chi connectivity index (χ0v) is 14.5. The van der Waals surface area contributed by atoms with E-state index in [1.54, 1.807) is 18.2 Å². The van der Waals surface area contributed by atoms with Gasteiger partial charge >= 0.3 is 0 Å². The van der Waals surface area contributed by atoms with Gasteiger partial charge in [0.25, 0.3) is 0 Å². The largest absolute Gasteiger partial charge is 0.361 e. The molecule has 0 radical (unpaired) electrons. The molecule has 2 aromatic rings. The quantitative estimate of drug-likeness (QED) is 0.747. The first-order chi connectivity index (χ1) is 11.2. The highest BCUT2D eigenvalue weighted by Gasteiger charge is 2.08. The maximum atomic E-state index is 14.1. The summed E-state index contributed by atoms with van der Waals surface area (Å²) in [7, 11) is 0. The van der Waals surface area contributed by atoms with E-state index < -0.39 is 0 Å². The Labute approximate surface area is 140 Å². The van der Waals surface area contributed by atoms with Gasteiger partial charge < -0.3 is 4.98 Å². The standard InChI is InChI=1S/C19H20FN.C2H6.H2/c1-4-6-7-12-18-19(14(3)5-2)16(13-21-18)15-10-8-9-11-17(15)20;1-2;/h4-6,8-13,21H,2,7H2,1,3H3;1-2H3;1H/b6-4-,18-12+,19-14+;;. The van der Waals surface area contributed by atoms with Crippen LogP contribution in [0.3, 0.4) is 0 Å². The van der Waals surface area contributed by atoms with Gasteiger partial charge in [-0.15, -0.1) is 0 Å². The molecule has 2 rings (SSSR count). The van der Waals surface area contributed by atoms with Crippen LogP contribution in [0.15, 0.2) is 55.3 Å². The highest BCUT2D eigenvalue weighted by molar-refractivity contribution is 5.70. The number of aromatic amines is 1. The van der Waals surface area contributed by atoms with E-state index in [1.165, 1.54) is 6.07 Å². The van der Waals surface area contributed by atoms with Gasteiger partial charge in [0, 0.05) is 29.3 Å². The molecular weight excluding hydrogens is 285 g/mol. The number of rotatable bonds is 4. The first-order valence-corrected chi connectivity index (χ1v) is 8.06. The Kier molecular flexibility index (Phi) is 7.82. The molecule has 1 aromatic heterocycles. The van der Waals surface area contributed by atoms with Gasteiger partial charge in [-0.3, -0.25) is 0 Å². The van der Waals surface area contributed by atoms with Crippen molar-refractivity contribution in [3.05, 3.63) is 71.7 Å². The number of aromatic nitrogens is 1. The predicted molar refractivity (Wildman–Crippen MR) is 102 cm³/mol. The van der Waals surface area contributed by atoms with Crippen molar-refractivity contribution in [2.24, 2.45) is 0 Å². The highest BCUT2D eigenvalue weighted by atomic mass is 19.1. The lowest BCUT2D eigenvalue weighted by molar-refractivity contribution is 0.631. The van der Waals surface area contributed by atoms with Crippen molar-refractivity contribution in [2.75, 3.05) is 0 Å². The van der Waals surface area contributed by atoms with Gasteiger partial charge in [-0.25, -0.2) is 4.39 Å². The van der Waals surface area contributed by atoms with Gasteiger partial charge in [-0.1, -0.05) is 62.9 Å². The lowest BCUT2D eigenvalue weighted by Gasteiger charge is -2.01. The topological polar surface area (TPSA) is 15.8 Å². The van der Waals surface area contributed by atoms with Crippen LogP contribution in [0.4, 0.5) is 4.39 Å². The Hall–Kier alpha value is -2.35. The molecule has 0 aliphatic heterocycles. The molecule has 1 aromatic carbocycles. The van der Waals surface area contributed by atoms with Crippen LogP contribution in [0.1, 0.15) is 35.5 Å². The van der Waals surface area contributed by atoms with Crippen LogP contribution in [0.5, 0.6) is 0 Å². The second-order valence-electron chi connectivity index (χ2n) is 4.87. The third-order valence-corrected chi connectivity index (χ3v) is 3.47. The monoisotopic (exact) mass is 313 g/mol. The van der Waals surface area contributed by atoms with E-state index in [1.807, 2.05) is 46.0 Å². The summed E-state index contributed by atoms with van der Waals surface area (Å²) in [6.07, 6.45) is 10.7. The zero-order chi connectivity index (χ0) is 17.2. The van der Waals surface area contributed by atoms with Gasteiger partial charge in [-0.05, 0) is 31.9 Å². The first kappa shape index (κ1) is 18.7. The summed E-state index contributed by atoms with van der Waals surface area (Å²) >= 11 is 0. The van der Waals surface area contributed by atoms with Crippen LogP contribution in [0, 0.1) is 5.82 Å². The number of halogens is 1. The van der Waals surface area contributed by atoms with Gasteiger partial charge in [0.15, 0.2) is 0 Å². The molecule has 0 unspecified atom stereocenters. The summed E-state index contributed by atoms with van der Waals surface area (Å²) in [6.45, 7) is 11.8. The van der Waals surface area contributed by atoms with Crippen molar-refractivity contribution in [2.45, 2.75) is 34.1 Å². The number of H-pyrrole nitrogens is 1. The summed E-state index contributed by atoms with van der Waals surface area (Å²) in [6, 6.07) is 6.84. The number of allylic oxidation sites excluding steroid dienone is 3. The fourth-order valence-corrected chi connectivity index (χ4v) is 2.34. The Morgan fingerprint density at radius 3 is 2.57 bits per heavy atom. The van der Waals surface area contributed by atoms with Crippen molar-refractivity contribution >= 4 is 11.6 Å². The predicted octanol–water partition coefficient (Wildman–Crippen LogP) is 5.20. The van der Waals surface area contributed by atoms with Gasteiger partial charge in [-0.2, -0.15) is 0 Å². The minimum Gasteiger partial charge on any atom is -0.361 e. The van der Waals surface area contributed by atoms with E-state index in [-0.39, 0.29) is 7.24 Å². The van der Waals surface area contributed by atoms with Crippen LogP contribution in [0.2, 0.25) is 0 Å². The maximum absolute atomic E-state index is 14.1. The minimum absolute atomic E-state index is 0. The Morgan fingerprint density at radius 1 is 1.26 bits per heavy atom. The molecule has 0 spiro atoms. The molecule has 0 aliphatic rings. The molecule has 1 N–H and O–H groups in total. The molecule has 0 bridgehead atoms. The average molecular weight is 313 g/mol. The van der Waals surface area contributed by atoms with Crippen LogP contribution in [0.25, 0.3) is 22.8 Å². The summed E-state index contributed by atoms with van der Waals surface area (Å²) in [5.74, 6) is -0.213. The third-order valence-electron chi connectivity index (χ3n) is 3.47. The van der Waals surface area contributed by atoms with Gasteiger partial charge in [0.1, 0.15) is 5.82 Å². The molecule has 0 atom stereocenters. The number of nitrogens with one attached hydrogen (secondary N) is 1. The molecule has 1 nitrogen and oxygen atoms in total. The van der Waals surface area contributed by atoms with E-state index in [0.29, 0.717) is 5.56 Å². The molecule has 1 heterocycles. The summed E-state index contributed by atoms with van der Waals surface area (Å²) in [5, 5.41) is 2.02.